The highest BCUT2D eigenvalue weighted by Gasteiger charge is 2.18. The van der Waals surface area contributed by atoms with E-state index in [0.29, 0.717) is 6.42 Å². The Morgan fingerprint density at radius 1 is 1.15 bits per heavy atom. The zero-order valence-electron chi connectivity index (χ0n) is 12.2. The first-order valence-corrected chi connectivity index (χ1v) is 6.94. The molecule has 0 aliphatic carbocycles. The molecule has 0 aliphatic rings. The number of rotatable bonds is 6. The molecule has 110 valence electrons. The van der Waals surface area contributed by atoms with E-state index < -0.39 is 18.0 Å². The Morgan fingerprint density at radius 3 is 2.10 bits per heavy atom. The number of amides is 2. The summed E-state index contributed by atoms with van der Waals surface area (Å²) in [4.78, 5) is 22.9. The number of carboxylic acid groups (broad SMARTS) is 1. The third-order valence-corrected chi connectivity index (χ3v) is 3.25. The smallest absolute Gasteiger partial charge is 0.326 e. The molecule has 0 unspecified atom stereocenters. The number of urea groups is 1. The quantitative estimate of drug-likeness (QED) is 0.748. The molecule has 1 atom stereocenters. The van der Waals surface area contributed by atoms with Gasteiger partial charge in [0.25, 0.3) is 0 Å². The monoisotopic (exact) mass is 278 g/mol. The van der Waals surface area contributed by atoms with Gasteiger partial charge in [0.15, 0.2) is 0 Å². The van der Waals surface area contributed by atoms with E-state index in [1.165, 1.54) is 0 Å². The number of para-hydroxylation sites is 1. The minimum Gasteiger partial charge on any atom is -0.480 e. The molecule has 20 heavy (non-hydrogen) atoms. The fourth-order valence-electron chi connectivity index (χ4n) is 2.05. The molecule has 1 rings (SSSR count). The molecule has 0 fully saturated rings. The second-order valence-corrected chi connectivity index (χ2v) is 4.56. The highest BCUT2D eigenvalue weighted by molar-refractivity contribution is 5.93. The van der Waals surface area contributed by atoms with Gasteiger partial charge < -0.3 is 15.7 Å². The van der Waals surface area contributed by atoms with E-state index in [2.05, 4.69) is 10.6 Å². The van der Waals surface area contributed by atoms with Crippen molar-refractivity contribution in [1.29, 1.82) is 0 Å². The van der Waals surface area contributed by atoms with Crippen molar-refractivity contribution < 1.29 is 14.7 Å². The lowest BCUT2D eigenvalue weighted by Crippen LogP contribution is -2.42. The first-order valence-electron chi connectivity index (χ1n) is 6.94. The van der Waals surface area contributed by atoms with Crippen LogP contribution in [0.4, 0.5) is 10.5 Å². The molecule has 3 N–H and O–H groups in total. The van der Waals surface area contributed by atoms with Gasteiger partial charge in [0.1, 0.15) is 6.04 Å². The molecule has 0 saturated heterocycles. The minimum absolute atomic E-state index is 0.346. The predicted octanol–water partition coefficient (Wildman–Crippen LogP) is 2.80. The van der Waals surface area contributed by atoms with Crippen molar-refractivity contribution in [3.8, 4) is 0 Å². The maximum absolute atomic E-state index is 11.9. The van der Waals surface area contributed by atoms with E-state index in [1.54, 1.807) is 6.92 Å². The van der Waals surface area contributed by atoms with Crippen LogP contribution in [0.1, 0.15) is 38.3 Å². The van der Waals surface area contributed by atoms with Crippen LogP contribution in [0.5, 0.6) is 0 Å². The fraction of sp³-hybridized carbons (Fsp3) is 0.467. The van der Waals surface area contributed by atoms with Crippen LogP contribution in [-0.4, -0.2) is 23.1 Å². The number of carboxylic acids is 1. The zero-order chi connectivity index (χ0) is 15.1. The van der Waals surface area contributed by atoms with Crippen LogP contribution in [0.3, 0.4) is 0 Å². The average Bonchev–Trinajstić information content (AvgIpc) is 2.44. The van der Waals surface area contributed by atoms with Gasteiger partial charge in [0.05, 0.1) is 0 Å². The molecule has 0 aliphatic heterocycles. The Morgan fingerprint density at radius 2 is 1.70 bits per heavy atom. The molecule has 1 aromatic rings. The maximum atomic E-state index is 11.9. The number of carbonyl (C=O) groups excluding carboxylic acids is 1. The predicted molar refractivity (Wildman–Crippen MR) is 79.1 cm³/mol. The number of aryl methyl sites for hydroxylation is 2. The van der Waals surface area contributed by atoms with E-state index in [1.807, 2.05) is 32.0 Å². The van der Waals surface area contributed by atoms with Gasteiger partial charge in [0, 0.05) is 5.69 Å². The number of hydrogen-bond donors (Lipinski definition) is 3. The van der Waals surface area contributed by atoms with E-state index in [-0.39, 0.29) is 0 Å². The van der Waals surface area contributed by atoms with Crippen LogP contribution in [-0.2, 0) is 17.6 Å². The van der Waals surface area contributed by atoms with Gasteiger partial charge in [0.2, 0.25) is 0 Å². The fourth-order valence-corrected chi connectivity index (χ4v) is 2.05. The van der Waals surface area contributed by atoms with Crippen LogP contribution in [0.25, 0.3) is 0 Å². The summed E-state index contributed by atoms with van der Waals surface area (Å²) in [6.45, 7) is 5.75. The van der Waals surface area contributed by atoms with Crippen molar-refractivity contribution in [1.82, 2.24) is 5.32 Å². The summed E-state index contributed by atoms with van der Waals surface area (Å²) in [7, 11) is 0. The third kappa shape index (κ3) is 3.98. The van der Waals surface area contributed by atoms with Gasteiger partial charge in [-0.3, -0.25) is 0 Å². The molecule has 0 aromatic heterocycles. The molecule has 0 spiro atoms. The van der Waals surface area contributed by atoms with Gasteiger partial charge in [-0.15, -0.1) is 0 Å². The molecule has 0 radical (unpaired) electrons. The van der Waals surface area contributed by atoms with Crippen molar-refractivity contribution >= 4 is 17.7 Å². The number of aliphatic carboxylic acids is 1. The van der Waals surface area contributed by atoms with Crippen LogP contribution in [0.2, 0.25) is 0 Å². The topological polar surface area (TPSA) is 78.4 Å². The summed E-state index contributed by atoms with van der Waals surface area (Å²) in [5.41, 5.74) is 2.88. The van der Waals surface area contributed by atoms with Crippen LogP contribution in [0.15, 0.2) is 18.2 Å². The molecule has 2 amide bonds. The van der Waals surface area contributed by atoms with Gasteiger partial charge in [-0.2, -0.15) is 0 Å². The average molecular weight is 278 g/mol. The van der Waals surface area contributed by atoms with Crippen LogP contribution >= 0.6 is 0 Å². The second-order valence-electron chi connectivity index (χ2n) is 4.56. The van der Waals surface area contributed by atoms with Crippen molar-refractivity contribution in [2.24, 2.45) is 0 Å². The maximum Gasteiger partial charge on any atom is 0.326 e. The Labute approximate surface area is 119 Å². The molecular formula is C15H22N2O3. The number of benzene rings is 1. The molecule has 0 heterocycles. The first kappa shape index (κ1) is 16.0. The van der Waals surface area contributed by atoms with Crippen molar-refractivity contribution in [3.05, 3.63) is 29.3 Å². The molecule has 0 saturated carbocycles. The Balaban J connectivity index is 2.87. The van der Waals surface area contributed by atoms with Gasteiger partial charge in [-0.25, -0.2) is 9.59 Å². The van der Waals surface area contributed by atoms with E-state index in [4.69, 9.17) is 5.11 Å². The lowest BCUT2D eigenvalue weighted by Gasteiger charge is -2.17. The summed E-state index contributed by atoms with van der Waals surface area (Å²) < 4.78 is 0. The van der Waals surface area contributed by atoms with E-state index in [9.17, 15) is 9.59 Å². The summed E-state index contributed by atoms with van der Waals surface area (Å²) >= 11 is 0. The van der Waals surface area contributed by atoms with Gasteiger partial charge in [-0.1, -0.05) is 39.0 Å². The molecular weight excluding hydrogens is 256 g/mol. The van der Waals surface area contributed by atoms with Crippen molar-refractivity contribution in [2.75, 3.05) is 5.32 Å². The van der Waals surface area contributed by atoms with E-state index in [0.717, 1.165) is 29.7 Å². The van der Waals surface area contributed by atoms with Crippen LogP contribution in [0, 0.1) is 0 Å². The summed E-state index contributed by atoms with van der Waals surface area (Å²) in [5, 5.41) is 14.2. The second kappa shape index (κ2) is 7.53. The van der Waals surface area contributed by atoms with Gasteiger partial charge in [-0.05, 0) is 30.4 Å². The highest BCUT2D eigenvalue weighted by Crippen LogP contribution is 2.22. The Bertz CT molecular complexity index is 464. The van der Waals surface area contributed by atoms with Gasteiger partial charge >= 0.3 is 12.0 Å². The lowest BCUT2D eigenvalue weighted by molar-refractivity contribution is -0.139. The summed E-state index contributed by atoms with van der Waals surface area (Å²) in [6.07, 6.45) is 1.96. The molecule has 5 heteroatoms. The SMILES string of the molecule is CCc1cccc(CC)c1NC(=O)N[C@@H](CC)C(=O)O. The standard InChI is InChI=1S/C15H22N2O3/c1-4-10-8-7-9-11(5-2)13(10)17-15(20)16-12(6-3)14(18)19/h7-9,12H,4-6H2,1-3H3,(H,18,19)(H2,16,17,20)/t12-/m0/s1. The first-order chi connectivity index (χ1) is 9.53. The summed E-state index contributed by atoms with van der Waals surface area (Å²) in [6, 6.07) is 4.54. The largest absolute Gasteiger partial charge is 0.480 e. The molecule has 5 nitrogen and oxygen atoms in total. The third-order valence-electron chi connectivity index (χ3n) is 3.25. The Kier molecular flexibility index (Phi) is 6.03. The number of anilines is 1. The molecule has 1 aromatic carbocycles. The zero-order valence-corrected chi connectivity index (χ0v) is 12.2. The number of nitrogens with one attached hydrogen (secondary N) is 2. The number of carbonyl (C=O) groups is 2. The van der Waals surface area contributed by atoms with Crippen molar-refractivity contribution in [2.45, 2.75) is 46.1 Å². The molecule has 0 bridgehead atoms. The summed E-state index contributed by atoms with van der Waals surface area (Å²) in [5.74, 6) is -1.03. The lowest BCUT2D eigenvalue weighted by atomic mass is 10.0. The Hall–Kier alpha value is -2.04. The van der Waals surface area contributed by atoms with Crippen molar-refractivity contribution in [3.63, 3.8) is 0 Å². The normalized spacial score (nSPS) is 11.8. The minimum atomic E-state index is -1.03. The number of hydrogen-bond acceptors (Lipinski definition) is 2. The van der Waals surface area contributed by atoms with E-state index >= 15 is 0 Å². The van der Waals surface area contributed by atoms with Crippen LogP contribution < -0.4 is 10.6 Å². The highest BCUT2D eigenvalue weighted by atomic mass is 16.4.